The van der Waals surface area contributed by atoms with Crippen LogP contribution in [0.2, 0.25) is 0 Å². The number of carboxylic acid groups (broad SMARTS) is 1. The summed E-state index contributed by atoms with van der Waals surface area (Å²) in [6.07, 6.45) is 19.6. The fraction of sp³-hybridized carbons (Fsp3) is 0.816. The molecule has 1 aliphatic rings. The number of hydrogen-bond acceptors (Lipinski definition) is 10. The van der Waals surface area contributed by atoms with E-state index in [0.717, 1.165) is 64.2 Å². The van der Waals surface area contributed by atoms with E-state index in [-0.39, 0.29) is 19.4 Å². The normalized spacial score (nSPS) is 21.7. The zero-order chi connectivity index (χ0) is 36.1. The lowest BCUT2D eigenvalue weighted by Gasteiger charge is -2.38. The molecule has 284 valence electrons. The Morgan fingerprint density at radius 3 is 1.78 bits per heavy atom. The fourth-order valence-corrected chi connectivity index (χ4v) is 5.50. The van der Waals surface area contributed by atoms with Crippen LogP contribution in [0.15, 0.2) is 24.3 Å². The molecule has 0 aromatic carbocycles. The SMILES string of the molecule is CCC/C=C\C/C=C\CCCCCCCC(=O)OCC(COC1OC(C(=O)O)C(O)C(O)C1O)OC(=O)CCCCCCCCCCCC. The van der Waals surface area contributed by atoms with Gasteiger partial charge in [0, 0.05) is 12.8 Å². The number of aliphatic hydroxyl groups excluding tert-OH is 3. The van der Waals surface area contributed by atoms with Gasteiger partial charge in [0.25, 0.3) is 0 Å². The van der Waals surface area contributed by atoms with Crippen molar-refractivity contribution in [3.05, 3.63) is 24.3 Å². The van der Waals surface area contributed by atoms with Crippen molar-refractivity contribution in [3.8, 4) is 0 Å². The first-order valence-electron chi connectivity index (χ1n) is 18.9. The number of hydrogen-bond donors (Lipinski definition) is 4. The molecule has 1 rings (SSSR count). The summed E-state index contributed by atoms with van der Waals surface area (Å²) in [7, 11) is 0. The molecule has 11 nitrogen and oxygen atoms in total. The first-order valence-corrected chi connectivity index (χ1v) is 18.9. The van der Waals surface area contributed by atoms with Crippen LogP contribution < -0.4 is 0 Å². The molecule has 4 N–H and O–H groups in total. The Morgan fingerprint density at radius 1 is 0.633 bits per heavy atom. The van der Waals surface area contributed by atoms with Crippen LogP contribution in [0.5, 0.6) is 0 Å². The molecule has 1 aliphatic heterocycles. The Bertz CT molecular complexity index is 921. The molecule has 1 heterocycles. The maximum atomic E-state index is 12.6. The number of rotatable bonds is 30. The minimum atomic E-state index is -1.86. The van der Waals surface area contributed by atoms with Crippen molar-refractivity contribution in [2.45, 2.75) is 185 Å². The van der Waals surface area contributed by atoms with E-state index < -0.39 is 61.3 Å². The highest BCUT2D eigenvalue weighted by molar-refractivity contribution is 5.73. The van der Waals surface area contributed by atoms with Crippen LogP contribution in [0.1, 0.15) is 149 Å². The molecular weight excluding hydrogens is 632 g/mol. The van der Waals surface area contributed by atoms with Gasteiger partial charge in [-0.1, -0.05) is 122 Å². The highest BCUT2D eigenvalue weighted by atomic mass is 16.7. The van der Waals surface area contributed by atoms with Gasteiger partial charge in [-0.2, -0.15) is 0 Å². The van der Waals surface area contributed by atoms with E-state index in [1.807, 2.05) is 0 Å². The van der Waals surface area contributed by atoms with Crippen molar-refractivity contribution in [1.29, 1.82) is 0 Å². The standard InChI is InChI=1S/C38H66O11/c1-3-5-7-9-11-13-15-16-17-19-20-22-24-26-31(39)46-28-30(29-47-38-35(43)33(41)34(42)36(49-38)37(44)45)48-32(40)27-25-23-21-18-14-12-10-8-6-4-2/h7,9,13,15,30,33-36,38,41-43H,3-6,8,10-12,14,16-29H2,1-2H3,(H,44,45)/b9-7-,15-13-. The molecule has 0 saturated carbocycles. The molecule has 0 radical (unpaired) electrons. The van der Waals surface area contributed by atoms with Crippen LogP contribution in [-0.2, 0) is 33.3 Å². The number of ether oxygens (including phenoxy) is 4. The van der Waals surface area contributed by atoms with Gasteiger partial charge in [-0.25, -0.2) is 4.79 Å². The Labute approximate surface area is 294 Å². The zero-order valence-electron chi connectivity index (χ0n) is 30.2. The zero-order valence-corrected chi connectivity index (χ0v) is 30.2. The van der Waals surface area contributed by atoms with Crippen LogP contribution >= 0.6 is 0 Å². The second-order valence-corrected chi connectivity index (χ2v) is 13.1. The summed E-state index contributed by atoms with van der Waals surface area (Å²) in [6, 6.07) is 0. The summed E-state index contributed by atoms with van der Waals surface area (Å²) in [6.45, 7) is 3.69. The lowest BCUT2D eigenvalue weighted by atomic mass is 9.99. The number of carbonyl (C=O) groups excluding carboxylic acids is 2. The van der Waals surface area contributed by atoms with Crippen molar-refractivity contribution in [2.24, 2.45) is 0 Å². The lowest BCUT2D eigenvalue weighted by Crippen LogP contribution is -2.60. The Balaban J connectivity index is 2.46. The molecule has 49 heavy (non-hydrogen) atoms. The maximum Gasteiger partial charge on any atom is 0.335 e. The number of esters is 2. The van der Waals surface area contributed by atoms with Crippen molar-refractivity contribution < 1.29 is 53.8 Å². The van der Waals surface area contributed by atoms with Gasteiger partial charge in [-0.3, -0.25) is 9.59 Å². The van der Waals surface area contributed by atoms with E-state index >= 15 is 0 Å². The Kier molecular flexibility index (Phi) is 26.8. The summed E-state index contributed by atoms with van der Waals surface area (Å²) in [5.74, 6) is -2.47. The fourth-order valence-electron chi connectivity index (χ4n) is 5.50. The predicted octanol–water partition coefficient (Wildman–Crippen LogP) is 6.69. The number of aliphatic carboxylic acids is 1. The van der Waals surface area contributed by atoms with E-state index in [2.05, 4.69) is 38.2 Å². The summed E-state index contributed by atoms with van der Waals surface area (Å²) in [5, 5.41) is 39.6. The number of aliphatic hydroxyl groups is 3. The number of carbonyl (C=O) groups is 3. The number of unbranched alkanes of at least 4 members (excludes halogenated alkanes) is 15. The molecule has 0 aromatic heterocycles. The van der Waals surface area contributed by atoms with Gasteiger partial charge >= 0.3 is 17.9 Å². The van der Waals surface area contributed by atoms with Crippen molar-refractivity contribution >= 4 is 17.9 Å². The highest BCUT2D eigenvalue weighted by Crippen LogP contribution is 2.23. The smallest absolute Gasteiger partial charge is 0.335 e. The number of carboxylic acids is 1. The Hall–Kier alpha value is -2.31. The van der Waals surface area contributed by atoms with Crippen LogP contribution in [0.4, 0.5) is 0 Å². The molecule has 0 aliphatic carbocycles. The van der Waals surface area contributed by atoms with Gasteiger partial charge in [0.05, 0.1) is 6.61 Å². The molecule has 1 fully saturated rings. The quantitative estimate of drug-likeness (QED) is 0.0358. The van der Waals surface area contributed by atoms with Gasteiger partial charge in [0.2, 0.25) is 0 Å². The lowest BCUT2D eigenvalue weighted by molar-refractivity contribution is -0.298. The van der Waals surface area contributed by atoms with Crippen LogP contribution in [0.3, 0.4) is 0 Å². The molecule has 1 saturated heterocycles. The van der Waals surface area contributed by atoms with E-state index in [4.69, 9.17) is 18.9 Å². The summed E-state index contributed by atoms with van der Waals surface area (Å²) in [5.41, 5.74) is 0. The molecule has 6 atom stereocenters. The van der Waals surface area contributed by atoms with Crippen molar-refractivity contribution in [1.82, 2.24) is 0 Å². The summed E-state index contributed by atoms with van der Waals surface area (Å²) >= 11 is 0. The largest absolute Gasteiger partial charge is 0.479 e. The molecule has 0 bridgehead atoms. The van der Waals surface area contributed by atoms with Gasteiger partial charge < -0.3 is 39.4 Å². The monoisotopic (exact) mass is 698 g/mol. The Morgan fingerprint density at radius 2 is 1.18 bits per heavy atom. The van der Waals surface area contributed by atoms with E-state index in [1.165, 1.54) is 44.9 Å². The second-order valence-electron chi connectivity index (χ2n) is 13.1. The molecule has 0 amide bonds. The summed E-state index contributed by atoms with van der Waals surface area (Å²) in [4.78, 5) is 36.5. The average Bonchev–Trinajstić information content (AvgIpc) is 3.08. The molecular formula is C38H66O11. The summed E-state index contributed by atoms with van der Waals surface area (Å²) < 4.78 is 21.6. The minimum absolute atomic E-state index is 0.182. The third-order valence-electron chi connectivity index (χ3n) is 8.53. The number of allylic oxidation sites excluding steroid dienone is 4. The van der Waals surface area contributed by atoms with Crippen LogP contribution in [-0.4, -0.2) is 88.4 Å². The van der Waals surface area contributed by atoms with Crippen molar-refractivity contribution in [2.75, 3.05) is 13.2 Å². The van der Waals surface area contributed by atoms with Gasteiger partial charge in [0.1, 0.15) is 24.9 Å². The van der Waals surface area contributed by atoms with Crippen molar-refractivity contribution in [3.63, 3.8) is 0 Å². The molecule has 0 aromatic rings. The van der Waals surface area contributed by atoms with Gasteiger partial charge in [0.15, 0.2) is 18.5 Å². The van der Waals surface area contributed by atoms with Gasteiger partial charge in [-0.15, -0.1) is 0 Å². The third-order valence-corrected chi connectivity index (χ3v) is 8.53. The topological polar surface area (TPSA) is 169 Å². The third kappa shape index (κ3) is 22.2. The molecule has 6 unspecified atom stereocenters. The van der Waals surface area contributed by atoms with E-state index in [0.29, 0.717) is 12.8 Å². The van der Waals surface area contributed by atoms with E-state index in [1.54, 1.807) is 0 Å². The maximum absolute atomic E-state index is 12.6. The van der Waals surface area contributed by atoms with Crippen LogP contribution in [0, 0.1) is 0 Å². The van der Waals surface area contributed by atoms with Gasteiger partial charge in [-0.05, 0) is 38.5 Å². The first kappa shape index (κ1) is 44.7. The molecule has 11 heteroatoms. The second kappa shape index (κ2) is 29.4. The van der Waals surface area contributed by atoms with E-state index in [9.17, 15) is 34.8 Å². The van der Waals surface area contributed by atoms with Crippen LogP contribution in [0.25, 0.3) is 0 Å². The molecule has 0 spiro atoms. The minimum Gasteiger partial charge on any atom is -0.479 e. The highest BCUT2D eigenvalue weighted by Gasteiger charge is 2.47. The predicted molar refractivity (Wildman–Crippen MR) is 188 cm³/mol. The average molecular weight is 699 g/mol. The first-order chi connectivity index (χ1) is 23.7.